The summed E-state index contributed by atoms with van der Waals surface area (Å²) in [5.74, 6) is 2.09. The molecule has 0 aromatic rings. The highest BCUT2D eigenvalue weighted by Crippen LogP contribution is 2.34. The lowest BCUT2D eigenvalue weighted by Crippen LogP contribution is -2.30. The van der Waals surface area contributed by atoms with Gasteiger partial charge in [0.15, 0.2) is 0 Å². The number of hydrogen-bond donors (Lipinski definition) is 2. The van der Waals surface area contributed by atoms with Crippen molar-refractivity contribution in [1.29, 1.82) is 0 Å². The molecule has 0 amide bonds. The van der Waals surface area contributed by atoms with Crippen molar-refractivity contribution in [2.75, 3.05) is 6.54 Å². The first kappa shape index (κ1) is 7.10. The summed E-state index contributed by atoms with van der Waals surface area (Å²) < 4.78 is 0. The average molecular weight is 154 g/mol. The van der Waals surface area contributed by atoms with Crippen molar-refractivity contribution < 1.29 is 5.21 Å². The summed E-state index contributed by atoms with van der Waals surface area (Å²) in [5.41, 5.74) is 2.21. The minimum atomic E-state index is 0.536. The Balaban J connectivity index is 2.05. The molecule has 0 bridgehead atoms. The second-order valence-electron chi connectivity index (χ2n) is 3.49. The number of aliphatic imine (C=N–C) groups is 1. The van der Waals surface area contributed by atoms with Gasteiger partial charge in [-0.3, -0.25) is 15.7 Å². The summed E-state index contributed by atoms with van der Waals surface area (Å²) in [6.07, 6.45) is 5.13. The van der Waals surface area contributed by atoms with Crippen molar-refractivity contribution in [3.05, 3.63) is 0 Å². The summed E-state index contributed by atoms with van der Waals surface area (Å²) in [6.45, 7) is 0.924. The minimum Gasteiger partial charge on any atom is -0.290 e. The Bertz CT molecular complexity index is 179. The van der Waals surface area contributed by atoms with E-state index < -0.39 is 0 Å². The summed E-state index contributed by atoms with van der Waals surface area (Å²) in [5, 5.41) is 8.72. The quantitative estimate of drug-likeness (QED) is 0.515. The molecule has 3 heteroatoms. The van der Waals surface area contributed by atoms with Gasteiger partial charge in [0.05, 0.1) is 0 Å². The largest absolute Gasteiger partial charge is 0.290 e. The number of hydrogen-bond acceptors (Lipinski definition) is 3. The molecule has 2 N–H and O–H groups in total. The van der Waals surface area contributed by atoms with Crippen LogP contribution in [0.5, 0.6) is 0 Å². The van der Waals surface area contributed by atoms with Crippen molar-refractivity contribution in [2.24, 2.45) is 16.8 Å². The smallest absolute Gasteiger partial charge is 0.124 e. The van der Waals surface area contributed by atoms with Gasteiger partial charge in [0.25, 0.3) is 0 Å². The number of nitrogens with zero attached hydrogens (tertiary/aromatic N) is 1. The summed E-state index contributed by atoms with van der Waals surface area (Å²) in [4.78, 5) is 4.25. The zero-order valence-corrected chi connectivity index (χ0v) is 6.58. The van der Waals surface area contributed by atoms with Crippen LogP contribution in [0.4, 0.5) is 0 Å². The second kappa shape index (κ2) is 2.81. The molecule has 2 atom stereocenters. The molecule has 1 heterocycles. The van der Waals surface area contributed by atoms with Crippen LogP contribution in [0.2, 0.25) is 0 Å². The van der Waals surface area contributed by atoms with E-state index in [0.29, 0.717) is 5.92 Å². The maximum atomic E-state index is 8.72. The molecule has 0 unspecified atom stereocenters. The monoisotopic (exact) mass is 154 g/mol. The summed E-state index contributed by atoms with van der Waals surface area (Å²) in [6, 6.07) is 0. The van der Waals surface area contributed by atoms with Crippen molar-refractivity contribution in [2.45, 2.75) is 25.7 Å². The molecule has 0 saturated heterocycles. The number of nitrogens with one attached hydrogen (secondary N) is 1. The van der Waals surface area contributed by atoms with Gasteiger partial charge in [0, 0.05) is 12.5 Å². The van der Waals surface area contributed by atoms with E-state index in [0.717, 1.165) is 18.3 Å². The Morgan fingerprint density at radius 1 is 1.36 bits per heavy atom. The zero-order chi connectivity index (χ0) is 7.68. The van der Waals surface area contributed by atoms with Crippen LogP contribution in [0.15, 0.2) is 4.99 Å². The number of rotatable bonds is 0. The van der Waals surface area contributed by atoms with Gasteiger partial charge in [0.2, 0.25) is 0 Å². The van der Waals surface area contributed by atoms with Crippen LogP contribution in [0.25, 0.3) is 0 Å². The lowest BCUT2D eigenvalue weighted by atomic mass is 9.80. The summed E-state index contributed by atoms with van der Waals surface area (Å²) >= 11 is 0. The first-order chi connectivity index (χ1) is 5.42. The third-order valence-corrected chi connectivity index (χ3v) is 2.87. The van der Waals surface area contributed by atoms with E-state index >= 15 is 0 Å². The lowest BCUT2D eigenvalue weighted by Gasteiger charge is -2.24. The third-order valence-electron chi connectivity index (χ3n) is 2.87. The molecule has 0 aromatic heterocycles. The molecule has 62 valence electrons. The Labute approximate surface area is 66.5 Å². The molecule has 0 spiro atoms. The van der Waals surface area contributed by atoms with Crippen LogP contribution in [0, 0.1) is 11.8 Å². The molecule has 0 aromatic carbocycles. The highest BCUT2D eigenvalue weighted by Gasteiger charge is 2.33. The third kappa shape index (κ3) is 1.13. The average Bonchev–Trinajstić information content (AvgIpc) is 2.47. The highest BCUT2D eigenvalue weighted by atomic mass is 16.5. The fourth-order valence-electron chi connectivity index (χ4n) is 2.24. The number of amidine groups is 1. The van der Waals surface area contributed by atoms with E-state index in [1.165, 1.54) is 25.7 Å². The number of hydroxylamine groups is 1. The van der Waals surface area contributed by atoms with Crippen LogP contribution in [0.3, 0.4) is 0 Å². The molecule has 2 rings (SSSR count). The fraction of sp³-hybridized carbons (Fsp3) is 0.875. The van der Waals surface area contributed by atoms with E-state index in [1.807, 2.05) is 0 Å². The van der Waals surface area contributed by atoms with Gasteiger partial charge >= 0.3 is 0 Å². The lowest BCUT2D eigenvalue weighted by molar-refractivity contribution is 0.219. The van der Waals surface area contributed by atoms with Gasteiger partial charge in [-0.15, -0.1) is 0 Å². The van der Waals surface area contributed by atoms with Gasteiger partial charge in [0.1, 0.15) is 5.84 Å². The van der Waals surface area contributed by atoms with Crippen molar-refractivity contribution >= 4 is 5.84 Å². The molecular weight excluding hydrogens is 140 g/mol. The van der Waals surface area contributed by atoms with Gasteiger partial charge in [-0.1, -0.05) is 12.8 Å². The van der Waals surface area contributed by atoms with Crippen LogP contribution in [-0.2, 0) is 0 Å². The molecule has 1 saturated carbocycles. The van der Waals surface area contributed by atoms with Crippen molar-refractivity contribution in [1.82, 2.24) is 5.48 Å². The summed E-state index contributed by atoms with van der Waals surface area (Å²) in [7, 11) is 0. The minimum absolute atomic E-state index is 0.536. The predicted molar refractivity (Wildman–Crippen MR) is 42.7 cm³/mol. The van der Waals surface area contributed by atoms with Gasteiger partial charge in [-0.2, -0.15) is 0 Å². The van der Waals surface area contributed by atoms with Crippen molar-refractivity contribution in [3.63, 3.8) is 0 Å². The van der Waals surface area contributed by atoms with E-state index in [-0.39, 0.29) is 0 Å². The second-order valence-corrected chi connectivity index (χ2v) is 3.49. The maximum Gasteiger partial charge on any atom is 0.124 e. The van der Waals surface area contributed by atoms with E-state index in [4.69, 9.17) is 5.21 Å². The Morgan fingerprint density at radius 2 is 2.18 bits per heavy atom. The molecule has 0 radical (unpaired) electrons. The molecule has 11 heavy (non-hydrogen) atoms. The molecule has 1 aliphatic heterocycles. The number of fused-ring (bicyclic) bond motifs is 1. The first-order valence-corrected chi connectivity index (χ1v) is 4.36. The van der Waals surface area contributed by atoms with Gasteiger partial charge in [-0.25, -0.2) is 0 Å². The maximum absolute atomic E-state index is 8.72. The van der Waals surface area contributed by atoms with E-state index in [2.05, 4.69) is 10.5 Å². The first-order valence-electron chi connectivity index (χ1n) is 4.36. The Morgan fingerprint density at radius 3 is 3.00 bits per heavy atom. The zero-order valence-electron chi connectivity index (χ0n) is 6.58. The van der Waals surface area contributed by atoms with Crippen LogP contribution in [0.1, 0.15) is 25.7 Å². The van der Waals surface area contributed by atoms with E-state index in [9.17, 15) is 0 Å². The van der Waals surface area contributed by atoms with Crippen LogP contribution >= 0.6 is 0 Å². The van der Waals surface area contributed by atoms with Crippen LogP contribution in [-0.4, -0.2) is 17.6 Å². The van der Waals surface area contributed by atoms with Crippen LogP contribution < -0.4 is 5.48 Å². The fourth-order valence-corrected chi connectivity index (χ4v) is 2.24. The van der Waals surface area contributed by atoms with Crippen molar-refractivity contribution in [3.8, 4) is 0 Å². The standard InChI is InChI=1S/C8H14N2O/c11-10-8-7-4-2-1-3-6(7)5-9-8/h6-7,11H,1-5H2,(H,9,10)/t6-,7-/m0/s1. The molecule has 1 fully saturated rings. The highest BCUT2D eigenvalue weighted by molar-refractivity contribution is 5.85. The topological polar surface area (TPSA) is 44.6 Å². The van der Waals surface area contributed by atoms with E-state index in [1.54, 1.807) is 0 Å². The molecular formula is C8H14N2O. The Hall–Kier alpha value is -0.570. The van der Waals surface area contributed by atoms with Gasteiger partial charge in [-0.05, 0) is 18.8 Å². The SMILES string of the molecule is ONC1=NC[C@@H]2CCCC[C@H]12. The van der Waals surface area contributed by atoms with Gasteiger partial charge < -0.3 is 0 Å². The molecule has 2 aliphatic rings. The predicted octanol–water partition coefficient (Wildman–Crippen LogP) is 1.18. The molecule has 3 nitrogen and oxygen atoms in total. The Kier molecular flexibility index (Phi) is 1.82. The molecule has 1 aliphatic carbocycles. The normalized spacial score (nSPS) is 36.3.